The molecule has 0 aromatic rings. The number of rotatable bonds is 7. The van der Waals surface area contributed by atoms with Gasteiger partial charge in [0.05, 0.1) is 18.8 Å². The van der Waals surface area contributed by atoms with Gasteiger partial charge in [-0.2, -0.15) is 5.26 Å². The number of fused-ring (bicyclic) bond motifs is 3. The van der Waals surface area contributed by atoms with Crippen LogP contribution in [0.15, 0.2) is 23.5 Å². The van der Waals surface area contributed by atoms with Crippen LogP contribution >= 0.6 is 0 Å². The number of hydrogen-bond acceptors (Lipinski definition) is 8. The predicted octanol–water partition coefficient (Wildman–Crippen LogP) is 7.21. The minimum Gasteiger partial charge on any atom is -0.485 e. The lowest BCUT2D eigenvalue weighted by molar-refractivity contribution is -0.154. The summed E-state index contributed by atoms with van der Waals surface area (Å²) in [5.74, 6) is 0.196. The summed E-state index contributed by atoms with van der Waals surface area (Å²) < 4.78 is 39.9. The summed E-state index contributed by atoms with van der Waals surface area (Å²) in [6.45, 7) is 28.9. The summed E-state index contributed by atoms with van der Waals surface area (Å²) >= 11 is 0. The first-order valence-electron chi connectivity index (χ1n) is 15.6. The summed E-state index contributed by atoms with van der Waals surface area (Å²) in [6, 6.07) is 2.20. The van der Waals surface area contributed by atoms with Crippen LogP contribution < -0.4 is 0 Å². The van der Waals surface area contributed by atoms with Crippen LogP contribution in [-0.2, 0) is 32.3 Å². The third-order valence-electron chi connectivity index (χ3n) is 9.80. The van der Waals surface area contributed by atoms with Crippen molar-refractivity contribution in [1.29, 1.82) is 5.26 Å². The molecule has 4 aliphatic rings. The first-order chi connectivity index (χ1) is 19.2. The second kappa shape index (κ2) is 11.1. The Morgan fingerprint density at radius 2 is 1.62 bits per heavy atom. The molecule has 0 radical (unpaired) electrons. The Morgan fingerprint density at radius 3 is 2.05 bits per heavy atom. The number of carbonyl (C=O) groups excluding carboxylic acids is 1. The van der Waals surface area contributed by atoms with Gasteiger partial charge in [0.15, 0.2) is 0 Å². The van der Waals surface area contributed by atoms with E-state index in [0.717, 1.165) is 5.57 Å². The van der Waals surface area contributed by atoms with Gasteiger partial charge in [-0.15, -0.1) is 0 Å². The summed E-state index contributed by atoms with van der Waals surface area (Å²) in [5, 5.41) is 9.57. The molecule has 236 valence electrons. The number of ether oxygens (including phenoxy) is 3. The van der Waals surface area contributed by atoms with E-state index in [1.165, 1.54) is 6.92 Å². The molecule has 8 nitrogen and oxygen atoms in total. The van der Waals surface area contributed by atoms with E-state index in [1.807, 2.05) is 6.08 Å². The van der Waals surface area contributed by atoms with Gasteiger partial charge in [-0.3, -0.25) is 4.79 Å². The summed E-state index contributed by atoms with van der Waals surface area (Å²) in [4.78, 5) is 11.8. The topological polar surface area (TPSA) is 96.2 Å². The van der Waals surface area contributed by atoms with Crippen LogP contribution in [0.2, 0.25) is 26.7 Å². The van der Waals surface area contributed by atoms with Crippen molar-refractivity contribution in [1.82, 2.24) is 0 Å². The van der Waals surface area contributed by atoms with E-state index in [4.69, 9.17) is 27.5 Å². The Morgan fingerprint density at radius 1 is 1.05 bits per heavy atom. The fourth-order valence-electron chi connectivity index (χ4n) is 8.33. The highest BCUT2D eigenvalue weighted by Gasteiger charge is 2.65. The van der Waals surface area contributed by atoms with Crippen molar-refractivity contribution >= 4 is 22.8 Å². The van der Waals surface area contributed by atoms with E-state index < -0.39 is 40.7 Å². The van der Waals surface area contributed by atoms with Crippen LogP contribution in [0.1, 0.15) is 96.4 Å². The first-order valence-corrected chi connectivity index (χ1v) is 19.6. The third kappa shape index (κ3) is 5.26. The molecule has 0 amide bonds. The standard InChI is InChI=1S/C32H53NO7Si2/c1-19(2)41(20(3)4,21(5)6)39-25-15-24(23-14-28-32(18-33,38-22(7)34)16-26(23)37-28)36-27-17-35-42(30(8,9)10,31(11,12)13)40-29(25)27/h14-15,19-21,25-29H,16-17H2,1-13H3/t25-,26-,27-,28-,29+,32+/m1/s1. The highest BCUT2D eigenvalue weighted by atomic mass is 28.4. The lowest BCUT2D eigenvalue weighted by Crippen LogP contribution is -2.68. The van der Waals surface area contributed by atoms with Crippen LogP contribution in [0.25, 0.3) is 0 Å². The maximum absolute atomic E-state index is 11.8. The first kappa shape index (κ1) is 33.4. The zero-order chi connectivity index (χ0) is 31.6. The van der Waals surface area contributed by atoms with E-state index >= 15 is 0 Å². The molecule has 10 heteroatoms. The lowest BCUT2D eigenvalue weighted by Gasteiger charge is -2.57. The Hall–Kier alpha value is -1.49. The van der Waals surface area contributed by atoms with Gasteiger partial charge in [0, 0.05) is 29.0 Å². The third-order valence-corrected chi connectivity index (χ3v) is 21.0. The SMILES string of the molecule is CC(=O)O[C@]1(C#N)C[C@H]2O[C@@H]1C=C2C1=C[C@@H](O[Si](C(C)C)(C(C)C)C(C)C)[C@@H]2O[Si](C(C)(C)C)(C(C)(C)C)OC[C@H]2O1. The van der Waals surface area contributed by atoms with Crippen molar-refractivity contribution in [3.8, 4) is 6.07 Å². The molecule has 6 atom stereocenters. The van der Waals surface area contributed by atoms with Crippen LogP contribution in [0.3, 0.4) is 0 Å². The molecule has 0 N–H and O–H groups in total. The fourth-order valence-corrected chi connectivity index (χ4v) is 18.8. The molecule has 0 spiro atoms. The molecule has 4 heterocycles. The Balaban J connectivity index is 1.80. The van der Waals surface area contributed by atoms with Gasteiger partial charge in [0.25, 0.3) is 0 Å². The maximum atomic E-state index is 11.8. The molecule has 0 aromatic carbocycles. The minimum atomic E-state index is -2.80. The quantitative estimate of drug-likeness (QED) is 0.218. The van der Waals surface area contributed by atoms with E-state index in [1.54, 1.807) is 0 Å². The lowest BCUT2D eigenvalue weighted by atomic mass is 9.85. The molecule has 0 aliphatic carbocycles. The van der Waals surface area contributed by atoms with Crippen molar-refractivity contribution in [2.24, 2.45) is 0 Å². The normalized spacial score (nSPS) is 32.8. The van der Waals surface area contributed by atoms with Gasteiger partial charge in [0.1, 0.15) is 30.1 Å². The predicted molar refractivity (Wildman–Crippen MR) is 166 cm³/mol. The van der Waals surface area contributed by atoms with Gasteiger partial charge in [-0.05, 0) is 28.8 Å². The number of hydrogen-bond donors (Lipinski definition) is 0. The molecule has 2 bridgehead atoms. The molecular weight excluding hydrogens is 567 g/mol. The number of nitrogens with zero attached hydrogens (tertiary/aromatic N) is 1. The van der Waals surface area contributed by atoms with Crippen LogP contribution in [0.4, 0.5) is 0 Å². The van der Waals surface area contributed by atoms with Crippen LogP contribution in [0.5, 0.6) is 0 Å². The fraction of sp³-hybridized carbons (Fsp3) is 0.812. The largest absolute Gasteiger partial charge is 0.485 e. The molecule has 0 aromatic heterocycles. The Labute approximate surface area is 255 Å². The van der Waals surface area contributed by atoms with Crippen LogP contribution in [-0.4, -0.2) is 65.6 Å². The van der Waals surface area contributed by atoms with Gasteiger partial charge < -0.3 is 27.5 Å². The Kier molecular flexibility index (Phi) is 8.87. The van der Waals surface area contributed by atoms with Crippen molar-refractivity contribution in [2.75, 3.05) is 6.61 Å². The average molecular weight is 620 g/mol. The maximum Gasteiger partial charge on any atom is 0.349 e. The van der Waals surface area contributed by atoms with Crippen molar-refractivity contribution in [3.63, 3.8) is 0 Å². The van der Waals surface area contributed by atoms with E-state index in [2.05, 4.69) is 95.2 Å². The molecule has 4 rings (SSSR count). The molecule has 2 saturated heterocycles. The molecule has 0 saturated carbocycles. The van der Waals surface area contributed by atoms with E-state index in [0.29, 0.717) is 29.0 Å². The number of nitriles is 1. The minimum absolute atomic E-state index is 0.175. The summed E-state index contributed by atoms with van der Waals surface area (Å²) in [6.07, 6.45) is 2.19. The monoisotopic (exact) mass is 619 g/mol. The van der Waals surface area contributed by atoms with Gasteiger partial charge >= 0.3 is 14.5 Å². The number of esters is 1. The summed E-state index contributed by atoms with van der Waals surface area (Å²) in [5.41, 5.74) is 0.745. The molecule has 42 heavy (non-hydrogen) atoms. The highest BCUT2D eigenvalue weighted by molar-refractivity contribution is 6.77. The van der Waals surface area contributed by atoms with Crippen LogP contribution in [0, 0.1) is 11.3 Å². The molecule has 0 unspecified atom stereocenters. The zero-order valence-corrected chi connectivity index (χ0v) is 30.0. The smallest absolute Gasteiger partial charge is 0.349 e. The molecule has 2 fully saturated rings. The second-order valence-corrected chi connectivity index (χ2v) is 25.7. The average Bonchev–Trinajstić information content (AvgIpc) is 3.43. The molecule has 4 aliphatic heterocycles. The van der Waals surface area contributed by atoms with Crippen molar-refractivity contribution in [2.45, 2.75) is 159 Å². The van der Waals surface area contributed by atoms with Crippen molar-refractivity contribution in [3.05, 3.63) is 23.5 Å². The van der Waals surface area contributed by atoms with E-state index in [9.17, 15) is 10.1 Å². The highest BCUT2D eigenvalue weighted by Crippen LogP contribution is 2.56. The Bertz CT molecular complexity index is 1120. The van der Waals surface area contributed by atoms with Gasteiger partial charge in [-0.1, -0.05) is 83.1 Å². The van der Waals surface area contributed by atoms with Gasteiger partial charge in [-0.25, -0.2) is 0 Å². The zero-order valence-electron chi connectivity index (χ0n) is 28.0. The number of carbonyl (C=O) groups is 1. The van der Waals surface area contributed by atoms with E-state index in [-0.39, 0.29) is 34.8 Å². The van der Waals surface area contributed by atoms with Crippen molar-refractivity contribution < 1.29 is 32.3 Å². The second-order valence-electron chi connectivity index (χ2n) is 15.6. The van der Waals surface area contributed by atoms with Gasteiger partial charge in [0.2, 0.25) is 13.9 Å². The summed E-state index contributed by atoms with van der Waals surface area (Å²) in [7, 11) is -5.12. The molecular formula is C32H53NO7Si2.